The predicted octanol–water partition coefficient (Wildman–Crippen LogP) is 5.76. The van der Waals surface area contributed by atoms with Crippen LogP contribution in [0.4, 0.5) is 10.1 Å². The maximum absolute atomic E-state index is 14.5. The quantitative estimate of drug-likeness (QED) is 0.438. The third kappa shape index (κ3) is 4.66. The molecule has 10 heteroatoms. The highest BCUT2D eigenvalue weighted by atomic mass is 35.5. The number of halogens is 3. The van der Waals surface area contributed by atoms with Crippen molar-refractivity contribution < 1.29 is 13.7 Å². The number of para-hydroxylation sites is 1. The van der Waals surface area contributed by atoms with Crippen LogP contribution >= 0.6 is 35.0 Å². The number of amidine groups is 1. The Morgan fingerprint density at radius 1 is 1.19 bits per heavy atom. The molecular weight excluding hydrogens is 462 g/mol. The molecular formula is C21H15Cl2FN4O2S. The number of anilines is 1. The third-order valence-electron chi connectivity index (χ3n) is 4.32. The zero-order valence-electron chi connectivity index (χ0n) is 16.2. The first-order valence-corrected chi connectivity index (χ1v) is 11.0. The number of carbonyl (C=O) groups is 1. The van der Waals surface area contributed by atoms with Gasteiger partial charge in [-0.25, -0.2) is 9.38 Å². The molecule has 0 bridgehead atoms. The van der Waals surface area contributed by atoms with Crippen molar-refractivity contribution in [2.24, 2.45) is 4.99 Å². The van der Waals surface area contributed by atoms with Crippen LogP contribution in [-0.4, -0.2) is 21.2 Å². The number of nitrogens with zero attached hydrogens (tertiary/aromatic N) is 4. The summed E-state index contributed by atoms with van der Waals surface area (Å²) in [6.45, 7) is 1.92. The van der Waals surface area contributed by atoms with Gasteiger partial charge in [0.2, 0.25) is 5.89 Å². The molecule has 0 saturated heterocycles. The van der Waals surface area contributed by atoms with Gasteiger partial charge in [0.1, 0.15) is 11.5 Å². The molecule has 2 aromatic carbocycles. The Morgan fingerprint density at radius 2 is 2.00 bits per heavy atom. The van der Waals surface area contributed by atoms with E-state index < -0.39 is 11.7 Å². The number of hydrogen-bond donors (Lipinski definition) is 0. The number of aryl methyl sites for hydroxylation is 1. The van der Waals surface area contributed by atoms with Crippen LogP contribution in [0.3, 0.4) is 0 Å². The van der Waals surface area contributed by atoms with Gasteiger partial charge < -0.3 is 4.52 Å². The Labute approximate surface area is 191 Å². The van der Waals surface area contributed by atoms with Crippen molar-refractivity contribution in [1.82, 2.24) is 10.1 Å². The summed E-state index contributed by atoms with van der Waals surface area (Å²) in [7, 11) is 0. The maximum atomic E-state index is 14.5. The summed E-state index contributed by atoms with van der Waals surface area (Å²) in [6.07, 6.45) is 2.22. The van der Waals surface area contributed by atoms with Crippen LogP contribution < -0.4 is 4.90 Å². The van der Waals surface area contributed by atoms with Crippen molar-refractivity contribution in [2.75, 3.05) is 4.90 Å². The number of carbonyl (C=O) groups excluding carboxylic acids is 1. The lowest BCUT2D eigenvalue weighted by atomic mass is 10.2. The fourth-order valence-electron chi connectivity index (χ4n) is 2.82. The van der Waals surface area contributed by atoms with Crippen LogP contribution in [-0.2, 0) is 17.0 Å². The third-order valence-corrected chi connectivity index (χ3v) is 5.98. The summed E-state index contributed by atoms with van der Waals surface area (Å²) in [5.74, 6) is 0.271. The topological polar surface area (TPSA) is 71.6 Å². The minimum Gasteiger partial charge on any atom is -0.338 e. The van der Waals surface area contributed by atoms with Gasteiger partial charge in [-0.1, -0.05) is 65.2 Å². The number of aromatic nitrogens is 2. The summed E-state index contributed by atoms with van der Waals surface area (Å²) in [5, 5.41) is 4.92. The molecule has 0 atom stereocenters. The number of thioether (sulfide) groups is 1. The van der Waals surface area contributed by atoms with Crippen molar-refractivity contribution in [1.29, 1.82) is 0 Å². The molecule has 1 aliphatic rings. The molecule has 0 aliphatic carbocycles. The Kier molecular flexibility index (Phi) is 6.41. The molecule has 2 heterocycles. The first-order valence-electron chi connectivity index (χ1n) is 9.25. The SMILES string of the molecule is CCc1noc(CSC2=N/C(=C\c3ccc(Cl)c(Cl)c3)C(=O)N2c2ccccc2F)n1. The molecule has 1 aliphatic heterocycles. The fourth-order valence-corrected chi connectivity index (χ4v) is 3.97. The zero-order chi connectivity index (χ0) is 22.0. The lowest BCUT2D eigenvalue weighted by Crippen LogP contribution is -2.31. The lowest BCUT2D eigenvalue weighted by molar-refractivity contribution is -0.113. The van der Waals surface area contributed by atoms with Gasteiger partial charge in [0.15, 0.2) is 11.0 Å². The molecule has 0 radical (unpaired) electrons. The van der Waals surface area contributed by atoms with E-state index in [4.69, 9.17) is 27.7 Å². The second kappa shape index (κ2) is 9.21. The fraction of sp³-hybridized carbons (Fsp3) is 0.143. The molecule has 4 rings (SSSR count). The summed E-state index contributed by atoms with van der Waals surface area (Å²) in [6, 6.07) is 11.0. The molecule has 0 fully saturated rings. The van der Waals surface area contributed by atoms with Gasteiger partial charge in [-0.3, -0.25) is 9.69 Å². The smallest absolute Gasteiger partial charge is 0.283 e. The van der Waals surface area contributed by atoms with Crippen molar-refractivity contribution in [3.63, 3.8) is 0 Å². The van der Waals surface area contributed by atoms with Crippen LogP contribution in [0.5, 0.6) is 0 Å². The Bertz CT molecular complexity index is 1210. The molecule has 6 nitrogen and oxygen atoms in total. The van der Waals surface area contributed by atoms with Crippen LogP contribution in [0.1, 0.15) is 24.2 Å². The summed E-state index contributed by atoms with van der Waals surface area (Å²) in [5.41, 5.74) is 0.894. The van der Waals surface area contributed by atoms with E-state index in [9.17, 15) is 9.18 Å². The number of amides is 1. The van der Waals surface area contributed by atoms with Gasteiger partial charge in [-0.05, 0) is 35.9 Å². The molecule has 3 aromatic rings. The minimum atomic E-state index is -0.536. The van der Waals surface area contributed by atoms with Gasteiger partial charge in [-0.2, -0.15) is 4.98 Å². The van der Waals surface area contributed by atoms with E-state index >= 15 is 0 Å². The first kappa shape index (κ1) is 21.5. The van der Waals surface area contributed by atoms with Crippen LogP contribution in [0, 0.1) is 5.82 Å². The molecule has 158 valence electrons. The second-order valence-corrected chi connectivity index (χ2v) is 8.19. The van der Waals surface area contributed by atoms with Gasteiger partial charge >= 0.3 is 0 Å². The average molecular weight is 477 g/mol. The van der Waals surface area contributed by atoms with E-state index in [2.05, 4.69) is 15.1 Å². The van der Waals surface area contributed by atoms with Crippen LogP contribution in [0.15, 0.2) is 57.7 Å². The zero-order valence-corrected chi connectivity index (χ0v) is 18.5. The molecule has 0 unspecified atom stereocenters. The van der Waals surface area contributed by atoms with Crippen LogP contribution in [0.25, 0.3) is 6.08 Å². The average Bonchev–Trinajstić information content (AvgIpc) is 3.34. The van der Waals surface area contributed by atoms with E-state index in [1.807, 2.05) is 6.92 Å². The number of rotatable bonds is 5. The molecule has 1 aromatic heterocycles. The first-order chi connectivity index (χ1) is 15.0. The largest absolute Gasteiger partial charge is 0.338 e. The van der Waals surface area contributed by atoms with Crippen molar-refractivity contribution in [2.45, 2.75) is 19.1 Å². The maximum Gasteiger partial charge on any atom is 0.283 e. The van der Waals surface area contributed by atoms with E-state index in [0.29, 0.717) is 38.9 Å². The van der Waals surface area contributed by atoms with E-state index in [-0.39, 0.29) is 17.1 Å². The molecule has 31 heavy (non-hydrogen) atoms. The van der Waals surface area contributed by atoms with E-state index in [1.165, 1.54) is 28.8 Å². The Hall–Kier alpha value is -2.68. The summed E-state index contributed by atoms with van der Waals surface area (Å²) < 4.78 is 19.7. The predicted molar refractivity (Wildman–Crippen MR) is 121 cm³/mol. The number of aliphatic imine (C=N–C) groups is 1. The highest BCUT2D eigenvalue weighted by Crippen LogP contribution is 2.32. The standard InChI is InChI=1S/C21H15Cl2FN4O2S/c1-2-18-26-19(30-27-18)11-31-21-25-16(10-12-7-8-13(22)14(23)9-12)20(29)28(21)17-6-4-3-5-15(17)24/h3-10H,2,11H2,1H3/b16-10-. The lowest BCUT2D eigenvalue weighted by Gasteiger charge is -2.17. The molecule has 0 spiro atoms. The Balaban J connectivity index is 1.68. The summed E-state index contributed by atoms with van der Waals surface area (Å²) in [4.78, 5) is 23.1. The highest BCUT2D eigenvalue weighted by molar-refractivity contribution is 8.13. The van der Waals surface area contributed by atoms with E-state index in [0.717, 1.165) is 0 Å². The minimum absolute atomic E-state index is 0.107. The van der Waals surface area contributed by atoms with Gasteiger partial charge in [0.25, 0.3) is 5.91 Å². The van der Waals surface area contributed by atoms with Crippen molar-refractivity contribution in [3.8, 4) is 0 Å². The molecule has 1 amide bonds. The number of hydrogen-bond acceptors (Lipinski definition) is 6. The van der Waals surface area contributed by atoms with Crippen molar-refractivity contribution >= 4 is 57.8 Å². The number of benzene rings is 2. The van der Waals surface area contributed by atoms with Crippen molar-refractivity contribution in [3.05, 3.63) is 81.3 Å². The van der Waals surface area contributed by atoms with Crippen LogP contribution in [0.2, 0.25) is 10.0 Å². The van der Waals surface area contributed by atoms with Gasteiger partial charge in [0, 0.05) is 6.42 Å². The highest BCUT2D eigenvalue weighted by Gasteiger charge is 2.33. The molecule has 0 saturated carbocycles. The summed E-state index contributed by atoms with van der Waals surface area (Å²) >= 11 is 13.2. The van der Waals surface area contributed by atoms with E-state index in [1.54, 1.807) is 36.4 Å². The Morgan fingerprint density at radius 3 is 2.71 bits per heavy atom. The molecule has 0 N–H and O–H groups in total. The normalized spacial score (nSPS) is 15.1. The second-order valence-electron chi connectivity index (χ2n) is 6.44. The van der Waals surface area contributed by atoms with Gasteiger partial charge in [0.05, 0.1) is 21.5 Å². The van der Waals surface area contributed by atoms with Gasteiger partial charge in [-0.15, -0.1) is 0 Å². The monoisotopic (exact) mass is 476 g/mol.